The highest BCUT2D eigenvalue weighted by atomic mass is 16.2. The maximum absolute atomic E-state index is 10.9. The average Bonchev–Trinajstić information content (AvgIpc) is 1.85. The summed E-state index contributed by atoms with van der Waals surface area (Å²) in [5.74, 6) is 0.347. The summed E-state index contributed by atoms with van der Waals surface area (Å²) in [5.41, 5.74) is 0. The van der Waals surface area contributed by atoms with Gasteiger partial charge in [0, 0.05) is 32.4 Å². The molecule has 0 N–H and O–H groups in total. The van der Waals surface area contributed by atoms with E-state index >= 15 is 0 Å². The SMILES string of the molecule is CC(=O)N1CCC(=O)C[C@H]1C. The molecule has 1 rings (SSSR count). The standard InChI is InChI=1S/C8H13NO2/c1-6-5-8(11)3-4-9(6)7(2)10/h6H,3-5H2,1-2H3/t6-/m1/s1. The van der Waals surface area contributed by atoms with Crippen LogP contribution in [-0.2, 0) is 9.59 Å². The van der Waals surface area contributed by atoms with Crippen LogP contribution in [0.15, 0.2) is 0 Å². The first kappa shape index (κ1) is 8.24. The quantitative estimate of drug-likeness (QED) is 0.513. The van der Waals surface area contributed by atoms with Crippen molar-refractivity contribution in [2.45, 2.75) is 32.7 Å². The van der Waals surface area contributed by atoms with Gasteiger partial charge in [-0.2, -0.15) is 0 Å². The minimum Gasteiger partial charge on any atom is -0.339 e. The minimum atomic E-state index is 0.0741. The molecule has 1 aliphatic rings. The van der Waals surface area contributed by atoms with E-state index in [4.69, 9.17) is 0 Å². The molecule has 0 aromatic carbocycles. The van der Waals surface area contributed by atoms with Crippen molar-refractivity contribution < 1.29 is 9.59 Å². The normalized spacial score (nSPS) is 25.5. The number of hydrogen-bond acceptors (Lipinski definition) is 2. The van der Waals surface area contributed by atoms with Crippen LogP contribution in [0.3, 0.4) is 0 Å². The van der Waals surface area contributed by atoms with Crippen molar-refractivity contribution in [3.8, 4) is 0 Å². The summed E-state index contributed by atoms with van der Waals surface area (Å²) in [6, 6.07) is 0.105. The van der Waals surface area contributed by atoms with Gasteiger partial charge in [0.2, 0.25) is 5.91 Å². The van der Waals surface area contributed by atoms with Gasteiger partial charge in [-0.25, -0.2) is 0 Å². The summed E-state index contributed by atoms with van der Waals surface area (Å²) in [5, 5.41) is 0. The van der Waals surface area contributed by atoms with Gasteiger partial charge in [0.05, 0.1) is 0 Å². The Bertz CT molecular complexity index is 189. The van der Waals surface area contributed by atoms with Crippen LogP contribution in [0.5, 0.6) is 0 Å². The zero-order valence-corrected chi connectivity index (χ0v) is 6.96. The van der Waals surface area contributed by atoms with Crippen LogP contribution < -0.4 is 0 Å². The Kier molecular flexibility index (Phi) is 2.27. The molecule has 0 aromatic rings. The fraction of sp³-hybridized carbons (Fsp3) is 0.750. The number of carbonyl (C=O) groups is 2. The third-order valence-electron chi connectivity index (χ3n) is 2.09. The van der Waals surface area contributed by atoms with E-state index < -0.39 is 0 Å². The Morgan fingerprint density at radius 3 is 2.73 bits per heavy atom. The van der Waals surface area contributed by atoms with Crippen LogP contribution in [-0.4, -0.2) is 29.2 Å². The van der Waals surface area contributed by atoms with Crippen LogP contribution in [0.2, 0.25) is 0 Å². The zero-order chi connectivity index (χ0) is 8.43. The Hall–Kier alpha value is -0.860. The number of likely N-dealkylation sites (tertiary alicyclic amines) is 1. The Morgan fingerprint density at radius 1 is 1.64 bits per heavy atom. The van der Waals surface area contributed by atoms with Crippen molar-refractivity contribution in [3.63, 3.8) is 0 Å². The molecule has 11 heavy (non-hydrogen) atoms. The van der Waals surface area contributed by atoms with Crippen molar-refractivity contribution in [1.82, 2.24) is 4.90 Å². The van der Waals surface area contributed by atoms with E-state index in [9.17, 15) is 9.59 Å². The number of hydrogen-bond donors (Lipinski definition) is 0. The third-order valence-corrected chi connectivity index (χ3v) is 2.09. The molecule has 0 spiro atoms. The second-order valence-corrected chi connectivity index (χ2v) is 3.05. The number of rotatable bonds is 0. The molecule has 1 atom stereocenters. The molecule has 0 aliphatic carbocycles. The molecule has 1 fully saturated rings. The number of ketones is 1. The van der Waals surface area contributed by atoms with E-state index in [1.165, 1.54) is 0 Å². The second-order valence-electron chi connectivity index (χ2n) is 3.05. The molecule has 3 nitrogen and oxygen atoms in total. The summed E-state index contributed by atoms with van der Waals surface area (Å²) in [7, 11) is 0. The number of Topliss-reactive ketones (excluding diaryl/α,β-unsaturated/α-hetero) is 1. The van der Waals surface area contributed by atoms with Crippen molar-refractivity contribution >= 4 is 11.7 Å². The Morgan fingerprint density at radius 2 is 2.27 bits per heavy atom. The van der Waals surface area contributed by atoms with Crippen molar-refractivity contribution in [3.05, 3.63) is 0 Å². The third kappa shape index (κ3) is 1.79. The zero-order valence-electron chi connectivity index (χ0n) is 6.96. The van der Waals surface area contributed by atoms with Gasteiger partial charge in [-0.1, -0.05) is 0 Å². The second kappa shape index (κ2) is 3.03. The Labute approximate surface area is 66.4 Å². The topological polar surface area (TPSA) is 37.4 Å². The molecule has 3 heteroatoms. The van der Waals surface area contributed by atoms with E-state index in [0.29, 0.717) is 19.4 Å². The molecule has 0 aromatic heterocycles. The fourth-order valence-corrected chi connectivity index (χ4v) is 1.48. The van der Waals surface area contributed by atoms with Crippen molar-refractivity contribution in [1.29, 1.82) is 0 Å². The highest BCUT2D eigenvalue weighted by Crippen LogP contribution is 2.13. The molecule has 0 unspecified atom stereocenters. The first-order chi connectivity index (χ1) is 5.11. The largest absolute Gasteiger partial charge is 0.339 e. The summed E-state index contributed by atoms with van der Waals surface area (Å²) >= 11 is 0. The monoisotopic (exact) mass is 155 g/mol. The predicted molar refractivity (Wildman–Crippen MR) is 41.1 cm³/mol. The molecule has 0 saturated carbocycles. The number of piperidine rings is 1. The lowest BCUT2D eigenvalue weighted by Gasteiger charge is -2.31. The van der Waals surface area contributed by atoms with Gasteiger partial charge < -0.3 is 4.90 Å². The van der Waals surface area contributed by atoms with Gasteiger partial charge in [-0.05, 0) is 6.92 Å². The van der Waals surface area contributed by atoms with Crippen LogP contribution >= 0.6 is 0 Å². The molecule has 1 heterocycles. The van der Waals surface area contributed by atoms with Crippen LogP contribution in [0.4, 0.5) is 0 Å². The van der Waals surface area contributed by atoms with E-state index in [1.54, 1.807) is 11.8 Å². The van der Waals surface area contributed by atoms with Crippen LogP contribution in [0, 0.1) is 0 Å². The Balaban J connectivity index is 2.57. The van der Waals surface area contributed by atoms with E-state index in [-0.39, 0.29) is 17.7 Å². The molecule has 1 aliphatic heterocycles. The number of nitrogens with zero attached hydrogens (tertiary/aromatic N) is 1. The molecule has 62 valence electrons. The number of amides is 1. The first-order valence-electron chi connectivity index (χ1n) is 3.90. The van der Waals surface area contributed by atoms with Crippen molar-refractivity contribution in [2.75, 3.05) is 6.54 Å². The first-order valence-corrected chi connectivity index (χ1v) is 3.90. The molecule has 0 radical (unpaired) electrons. The van der Waals surface area contributed by atoms with Crippen LogP contribution in [0.25, 0.3) is 0 Å². The summed E-state index contributed by atoms with van der Waals surface area (Å²) in [6.07, 6.45) is 1.06. The smallest absolute Gasteiger partial charge is 0.219 e. The highest BCUT2D eigenvalue weighted by molar-refractivity contribution is 5.83. The molecular weight excluding hydrogens is 142 g/mol. The lowest BCUT2D eigenvalue weighted by atomic mass is 10.0. The van der Waals surface area contributed by atoms with Crippen molar-refractivity contribution in [2.24, 2.45) is 0 Å². The lowest BCUT2D eigenvalue weighted by Crippen LogP contribution is -2.43. The lowest BCUT2D eigenvalue weighted by molar-refractivity contribution is -0.135. The molecular formula is C8H13NO2. The number of carbonyl (C=O) groups excluding carboxylic acids is 2. The highest BCUT2D eigenvalue weighted by Gasteiger charge is 2.24. The van der Waals surface area contributed by atoms with E-state index in [1.807, 2.05) is 6.92 Å². The summed E-state index contributed by atoms with van der Waals surface area (Å²) in [6.45, 7) is 4.07. The fourth-order valence-electron chi connectivity index (χ4n) is 1.48. The summed E-state index contributed by atoms with van der Waals surface area (Å²) < 4.78 is 0. The van der Waals surface area contributed by atoms with E-state index in [2.05, 4.69) is 0 Å². The van der Waals surface area contributed by atoms with Gasteiger partial charge in [0.25, 0.3) is 0 Å². The van der Waals surface area contributed by atoms with Gasteiger partial charge >= 0.3 is 0 Å². The van der Waals surface area contributed by atoms with Crippen LogP contribution in [0.1, 0.15) is 26.7 Å². The molecule has 1 amide bonds. The van der Waals surface area contributed by atoms with E-state index in [0.717, 1.165) is 0 Å². The van der Waals surface area contributed by atoms with Gasteiger partial charge in [-0.15, -0.1) is 0 Å². The van der Waals surface area contributed by atoms with Gasteiger partial charge in [0.15, 0.2) is 0 Å². The maximum Gasteiger partial charge on any atom is 0.219 e. The average molecular weight is 155 g/mol. The summed E-state index contributed by atoms with van der Waals surface area (Å²) in [4.78, 5) is 23.6. The predicted octanol–water partition coefficient (Wildman–Crippen LogP) is 0.586. The molecule has 0 bridgehead atoms. The molecule has 1 saturated heterocycles. The maximum atomic E-state index is 10.9. The van der Waals surface area contributed by atoms with Gasteiger partial charge in [-0.3, -0.25) is 9.59 Å². The van der Waals surface area contributed by atoms with Gasteiger partial charge in [0.1, 0.15) is 5.78 Å². The minimum absolute atomic E-state index is 0.0741.